The molecule has 1 unspecified atom stereocenters. The smallest absolute Gasteiger partial charge is 0.321 e. The van der Waals surface area contributed by atoms with Crippen molar-refractivity contribution in [2.75, 3.05) is 25.0 Å². The van der Waals surface area contributed by atoms with E-state index in [1.165, 1.54) is 0 Å². The van der Waals surface area contributed by atoms with Gasteiger partial charge in [0.05, 0.1) is 17.8 Å². The highest BCUT2D eigenvalue weighted by Gasteiger charge is 2.44. The standard InChI is InChI=1S/C18H25ClN2O3/c1-13-3-4-14(11-15(13)19)20-16(22)21-8-5-18(6-9-21)12-17(2,23)7-10-24-18/h3-4,11,23H,5-10,12H2,1-2H3,(H,20,22). The molecule has 2 fully saturated rings. The molecule has 1 aromatic carbocycles. The summed E-state index contributed by atoms with van der Waals surface area (Å²) in [4.78, 5) is 14.2. The van der Waals surface area contributed by atoms with Crippen LogP contribution in [-0.4, -0.2) is 46.9 Å². The topological polar surface area (TPSA) is 61.8 Å². The first-order valence-corrected chi connectivity index (χ1v) is 8.85. The number of ether oxygens (including phenoxy) is 1. The lowest BCUT2D eigenvalue weighted by atomic mass is 9.78. The van der Waals surface area contributed by atoms with E-state index in [1.807, 2.05) is 26.0 Å². The minimum atomic E-state index is -0.665. The first-order valence-electron chi connectivity index (χ1n) is 8.47. The molecule has 0 aliphatic carbocycles. The van der Waals surface area contributed by atoms with E-state index in [1.54, 1.807) is 11.0 Å². The van der Waals surface area contributed by atoms with Gasteiger partial charge in [-0.25, -0.2) is 4.79 Å². The first-order chi connectivity index (χ1) is 11.3. The summed E-state index contributed by atoms with van der Waals surface area (Å²) in [5.41, 5.74) is 0.733. The van der Waals surface area contributed by atoms with Crippen molar-refractivity contribution in [1.29, 1.82) is 0 Å². The van der Waals surface area contributed by atoms with Gasteiger partial charge in [0.15, 0.2) is 0 Å². The van der Waals surface area contributed by atoms with Crippen molar-refractivity contribution in [3.8, 4) is 0 Å². The average molecular weight is 353 g/mol. The third kappa shape index (κ3) is 3.85. The Bertz CT molecular complexity index is 625. The number of amides is 2. The van der Waals surface area contributed by atoms with Gasteiger partial charge in [-0.15, -0.1) is 0 Å². The number of halogens is 1. The van der Waals surface area contributed by atoms with E-state index >= 15 is 0 Å². The number of anilines is 1. The third-order valence-corrected chi connectivity index (χ3v) is 5.54. The van der Waals surface area contributed by atoms with Crippen molar-refractivity contribution in [3.63, 3.8) is 0 Å². The van der Waals surface area contributed by atoms with Gasteiger partial charge < -0.3 is 20.1 Å². The Morgan fingerprint density at radius 3 is 2.67 bits per heavy atom. The van der Waals surface area contributed by atoms with Crippen LogP contribution in [0.3, 0.4) is 0 Å². The number of aryl methyl sites for hydroxylation is 1. The fourth-order valence-electron chi connectivity index (χ4n) is 3.63. The molecule has 0 saturated carbocycles. The van der Waals surface area contributed by atoms with Crippen LogP contribution in [0.15, 0.2) is 18.2 Å². The fraction of sp³-hybridized carbons (Fsp3) is 0.611. The van der Waals surface area contributed by atoms with Gasteiger partial charge >= 0.3 is 6.03 Å². The van der Waals surface area contributed by atoms with Gasteiger partial charge in [-0.05, 0) is 50.8 Å². The van der Waals surface area contributed by atoms with E-state index in [0.717, 1.165) is 18.4 Å². The van der Waals surface area contributed by atoms with Crippen molar-refractivity contribution in [1.82, 2.24) is 4.90 Å². The number of carbonyl (C=O) groups is 1. The van der Waals surface area contributed by atoms with Crippen molar-refractivity contribution >= 4 is 23.3 Å². The van der Waals surface area contributed by atoms with Crippen LogP contribution in [0.5, 0.6) is 0 Å². The van der Waals surface area contributed by atoms with Crippen LogP contribution < -0.4 is 5.32 Å². The number of nitrogens with zero attached hydrogens (tertiary/aromatic N) is 1. The number of hydrogen-bond donors (Lipinski definition) is 2. The van der Waals surface area contributed by atoms with Crippen LogP contribution >= 0.6 is 11.6 Å². The van der Waals surface area contributed by atoms with Gasteiger partial charge in [0, 0.05) is 30.2 Å². The van der Waals surface area contributed by atoms with Crippen LogP contribution in [0.1, 0.15) is 38.2 Å². The number of aliphatic hydroxyl groups is 1. The van der Waals surface area contributed by atoms with Crippen molar-refractivity contribution in [2.24, 2.45) is 0 Å². The number of nitrogens with one attached hydrogen (secondary N) is 1. The van der Waals surface area contributed by atoms with Gasteiger partial charge in [-0.3, -0.25) is 0 Å². The maximum atomic E-state index is 12.4. The molecule has 0 radical (unpaired) electrons. The molecule has 1 atom stereocenters. The predicted molar refractivity (Wildman–Crippen MR) is 94.6 cm³/mol. The minimum absolute atomic E-state index is 0.118. The Kier molecular flexibility index (Phi) is 4.78. The van der Waals surface area contributed by atoms with Crippen LogP contribution in [0.2, 0.25) is 5.02 Å². The molecule has 2 saturated heterocycles. The largest absolute Gasteiger partial charge is 0.390 e. The molecule has 1 spiro atoms. The highest BCUT2D eigenvalue weighted by Crippen LogP contribution is 2.39. The second-order valence-electron chi connectivity index (χ2n) is 7.34. The maximum absolute atomic E-state index is 12.4. The summed E-state index contributed by atoms with van der Waals surface area (Å²) >= 11 is 6.10. The van der Waals surface area contributed by atoms with Crippen LogP contribution in [0.4, 0.5) is 10.5 Å². The molecule has 2 amide bonds. The van der Waals surface area contributed by atoms with Crippen molar-refractivity contribution in [2.45, 2.75) is 50.7 Å². The lowest BCUT2D eigenvalue weighted by molar-refractivity contribution is -0.169. The van der Waals surface area contributed by atoms with E-state index < -0.39 is 5.60 Å². The zero-order valence-corrected chi connectivity index (χ0v) is 15.0. The molecule has 24 heavy (non-hydrogen) atoms. The lowest BCUT2D eigenvalue weighted by Gasteiger charge is -2.48. The third-order valence-electron chi connectivity index (χ3n) is 5.14. The number of carbonyl (C=O) groups excluding carboxylic acids is 1. The molecule has 0 aromatic heterocycles. The molecule has 3 rings (SSSR count). The Hall–Kier alpha value is -1.30. The van der Waals surface area contributed by atoms with E-state index in [-0.39, 0.29) is 11.6 Å². The van der Waals surface area contributed by atoms with E-state index in [2.05, 4.69) is 5.32 Å². The summed E-state index contributed by atoms with van der Waals surface area (Å²) in [5.74, 6) is 0. The van der Waals surface area contributed by atoms with Gasteiger partial charge in [-0.2, -0.15) is 0 Å². The molecule has 6 heteroatoms. The van der Waals surface area contributed by atoms with Crippen molar-refractivity contribution in [3.05, 3.63) is 28.8 Å². The minimum Gasteiger partial charge on any atom is -0.390 e. The predicted octanol–water partition coefficient (Wildman–Crippen LogP) is 3.58. The summed E-state index contributed by atoms with van der Waals surface area (Å²) in [6.07, 6.45) is 2.83. The normalized spacial score (nSPS) is 26.4. The van der Waals surface area contributed by atoms with Crippen LogP contribution in [0.25, 0.3) is 0 Å². The average Bonchev–Trinajstić information content (AvgIpc) is 2.50. The van der Waals surface area contributed by atoms with E-state index in [4.69, 9.17) is 16.3 Å². The molecule has 5 nitrogen and oxygen atoms in total. The van der Waals surface area contributed by atoms with Crippen LogP contribution in [-0.2, 0) is 4.74 Å². The molecule has 2 heterocycles. The molecule has 2 aliphatic heterocycles. The SMILES string of the molecule is Cc1ccc(NC(=O)N2CCC3(CC2)CC(C)(O)CCO3)cc1Cl. The summed E-state index contributed by atoms with van der Waals surface area (Å²) in [7, 11) is 0. The summed E-state index contributed by atoms with van der Waals surface area (Å²) < 4.78 is 5.98. The van der Waals surface area contributed by atoms with Crippen molar-refractivity contribution < 1.29 is 14.6 Å². The molecular formula is C18H25ClN2O3. The molecule has 2 N–H and O–H groups in total. The maximum Gasteiger partial charge on any atom is 0.321 e. The number of benzene rings is 1. The fourth-order valence-corrected chi connectivity index (χ4v) is 3.81. The zero-order valence-electron chi connectivity index (χ0n) is 14.3. The molecule has 1 aromatic rings. The molecule has 2 aliphatic rings. The summed E-state index contributed by atoms with van der Waals surface area (Å²) in [6.45, 7) is 5.64. The quantitative estimate of drug-likeness (QED) is 0.812. The monoisotopic (exact) mass is 352 g/mol. The highest BCUT2D eigenvalue weighted by atomic mass is 35.5. The highest BCUT2D eigenvalue weighted by molar-refractivity contribution is 6.31. The van der Waals surface area contributed by atoms with Crippen LogP contribution in [0, 0.1) is 6.92 Å². The summed E-state index contributed by atoms with van der Waals surface area (Å²) in [5, 5.41) is 13.9. The number of urea groups is 1. The zero-order chi connectivity index (χ0) is 17.4. The van der Waals surface area contributed by atoms with E-state index in [9.17, 15) is 9.90 Å². The number of piperidine rings is 1. The molecular weight excluding hydrogens is 328 g/mol. The van der Waals surface area contributed by atoms with Gasteiger partial charge in [-0.1, -0.05) is 17.7 Å². The second kappa shape index (κ2) is 6.54. The number of likely N-dealkylation sites (tertiary alicyclic amines) is 1. The molecule has 132 valence electrons. The Balaban J connectivity index is 1.58. The van der Waals surface area contributed by atoms with Gasteiger partial charge in [0.25, 0.3) is 0 Å². The first kappa shape index (κ1) is 17.5. The van der Waals surface area contributed by atoms with E-state index in [0.29, 0.717) is 43.2 Å². The Morgan fingerprint density at radius 2 is 2.04 bits per heavy atom. The second-order valence-corrected chi connectivity index (χ2v) is 7.74. The van der Waals surface area contributed by atoms with Gasteiger partial charge in [0.1, 0.15) is 0 Å². The van der Waals surface area contributed by atoms with Gasteiger partial charge in [0.2, 0.25) is 0 Å². The number of hydrogen-bond acceptors (Lipinski definition) is 3. The Morgan fingerprint density at radius 1 is 1.33 bits per heavy atom. The Labute approximate surface area is 147 Å². The molecule has 0 bridgehead atoms. The lowest BCUT2D eigenvalue weighted by Crippen LogP contribution is -2.54. The summed E-state index contributed by atoms with van der Waals surface area (Å²) in [6, 6.07) is 5.39. The number of rotatable bonds is 1.